The molecule has 0 unspecified atom stereocenters. The van der Waals surface area contributed by atoms with Gasteiger partial charge in [-0.3, -0.25) is 9.59 Å². The summed E-state index contributed by atoms with van der Waals surface area (Å²) in [6.45, 7) is 3.77. The average Bonchev–Trinajstić information content (AvgIpc) is 3.14. The zero-order chi connectivity index (χ0) is 24.0. The first-order valence-corrected chi connectivity index (χ1v) is 11.0. The Bertz CT molecular complexity index is 1260. The van der Waals surface area contributed by atoms with Crippen molar-refractivity contribution in [3.05, 3.63) is 52.3 Å². The predicted octanol–water partition coefficient (Wildman–Crippen LogP) is 3.20. The zero-order valence-corrected chi connectivity index (χ0v) is 19.6. The van der Waals surface area contributed by atoms with Gasteiger partial charge in [0.2, 0.25) is 0 Å². The zero-order valence-electron chi connectivity index (χ0n) is 18.7. The molecule has 33 heavy (non-hydrogen) atoms. The largest absolute Gasteiger partial charge is 0.497 e. The van der Waals surface area contributed by atoms with E-state index in [0.29, 0.717) is 27.3 Å². The second-order valence-corrected chi connectivity index (χ2v) is 7.67. The molecule has 0 saturated heterocycles. The van der Waals surface area contributed by atoms with Crippen LogP contribution in [-0.2, 0) is 20.8 Å². The average molecular weight is 473 g/mol. The van der Waals surface area contributed by atoms with Crippen molar-refractivity contribution >= 4 is 39.4 Å². The molecule has 2 aromatic carbocycles. The van der Waals surface area contributed by atoms with Gasteiger partial charge in [-0.25, -0.2) is 4.79 Å². The summed E-state index contributed by atoms with van der Waals surface area (Å²) in [4.78, 5) is 42.0. The summed E-state index contributed by atoms with van der Waals surface area (Å²) in [5, 5.41) is 0. The van der Waals surface area contributed by atoms with Crippen LogP contribution in [0.15, 0.2) is 41.4 Å². The van der Waals surface area contributed by atoms with E-state index >= 15 is 0 Å². The molecule has 1 aromatic heterocycles. The molecule has 3 aromatic rings. The molecule has 0 radical (unpaired) electrons. The number of nitrogens with zero attached hydrogens (tertiary/aromatic N) is 2. The number of carbonyl (C=O) groups excluding carboxylic acids is 3. The number of fused-ring (bicyclic) bond motifs is 1. The maximum atomic E-state index is 13.1. The van der Waals surface area contributed by atoms with Crippen LogP contribution < -0.4 is 14.3 Å². The Labute approximate surface area is 194 Å². The Kier molecular flexibility index (Phi) is 7.83. The lowest BCUT2D eigenvalue weighted by Crippen LogP contribution is -2.23. The number of ether oxygens (including phenoxy) is 4. The standard InChI is InChI=1S/C23H24N2O7S/c1-5-31-20(26)13-25-17-9-7-14(22(28)32-6-2)11-19(17)33-23(25)24-21(27)16-12-15(29-3)8-10-18(16)30-4/h7-12H,5-6,13H2,1-4H3. The number of thiazole rings is 1. The summed E-state index contributed by atoms with van der Waals surface area (Å²) in [7, 11) is 2.95. The molecule has 1 heterocycles. The van der Waals surface area contributed by atoms with Crippen molar-refractivity contribution in [3.8, 4) is 11.5 Å². The molecular formula is C23H24N2O7S. The van der Waals surface area contributed by atoms with Gasteiger partial charge >= 0.3 is 11.9 Å². The minimum absolute atomic E-state index is 0.145. The van der Waals surface area contributed by atoms with E-state index in [1.54, 1.807) is 48.7 Å². The number of rotatable bonds is 8. The Morgan fingerprint density at radius 3 is 2.39 bits per heavy atom. The molecule has 1 amide bonds. The molecule has 174 valence electrons. The third kappa shape index (κ3) is 5.40. The van der Waals surface area contributed by atoms with Crippen molar-refractivity contribution in [1.82, 2.24) is 4.57 Å². The number of hydrogen-bond acceptors (Lipinski definition) is 8. The van der Waals surface area contributed by atoms with E-state index in [2.05, 4.69) is 4.99 Å². The van der Waals surface area contributed by atoms with Gasteiger partial charge < -0.3 is 23.5 Å². The smallest absolute Gasteiger partial charge is 0.338 e. The molecule has 0 N–H and O–H groups in total. The fraction of sp³-hybridized carbons (Fsp3) is 0.304. The van der Waals surface area contributed by atoms with Gasteiger partial charge in [-0.2, -0.15) is 4.99 Å². The highest BCUT2D eigenvalue weighted by Gasteiger charge is 2.17. The Hall–Kier alpha value is -3.66. The molecule has 0 spiro atoms. The maximum Gasteiger partial charge on any atom is 0.338 e. The maximum absolute atomic E-state index is 13.1. The highest BCUT2D eigenvalue weighted by atomic mass is 32.1. The van der Waals surface area contributed by atoms with Crippen LogP contribution in [0, 0.1) is 0 Å². The molecule has 0 aliphatic carbocycles. The summed E-state index contributed by atoms with van der Waals surface area (Å²) in [6, 6.07) is 9.76. The van der Waals surface area contributed by atoms with Crippen LogP contribution in [0.1, 0.15) is 34.6 Å². The second-order valence-electron chi connectivity index (χ2n) is 6.66. The monoisotopic (exact) mass is 472 g/mol. The minimum Gasteiger partial charge on any atom is -0.497 e. The van der Waals surface area contributed by atoms with Gasteiger partial charge in [-0.1, -0.05) is 11.3 Å². The lowest BCUT2D eigenvalue weighted by atomic mass is 10.2. The number of hydrogen-bond donors (Lipinski definition) is 0. The summed E-state index contributed by atoms with van der Waals surface area (Å²) >= 11 is 1.17. The van der Waals surface area contributed by atoms with Crippen molar-refractivity contribution in [2.75, 3.05) is 27.4 Å². The minimum atomic E-state index is -0.569. The molecule has 0 fully saturated rings. The molecule has 0 atom stereocenters. The molecule has 0 aliphatic rings. The number of methoxy groups -OCH3 is 2. The third-order valence-corrected chi connectivity index (χ3v) is 5.66. The number of esters is 2. The van der Waals surface area contributed by atoms with Gasteiger partial charge in [-0.05, 0) is 50.2 Å². The Balaban J connectivity index is 2.15. The first-order valence-electron chi connectivity index (χ1n) is 10.2. The van der Waals surface area contributed by atoms with Crippen molar-refractivity contribution in [2.24, 2.45) is 4.99 Å². The highest BCUT2D eigenvalue weighted by molar-refractivity contribution is 7.16. The molecule has 10 heteroatoms. The molecule has 0 bridgehead atoms. The van der Waals surface area contributed by atoms with Crippen LogP contribution in [0.3, 0.4) is 0 Å². The third-order valence-electron chi connectivity index (χ3n) is 4.62. The highest BCUT2D eigenvalue weighted by Crippen LogP contribution is 2.25. The van der Waals surface area contributed by atoms with E-state index < -0.39 is 17.8 Å². The summed E-state index contributed by atoms with van der Waals surface area (Å²) in [5.41, 5.74) is 1.20. The molecule has 3 rings (SSSR count). The van der Waals surface area contributed by atoms with Crippen LogP contribution in [0.4, 0.5) is 0 Å². The topological polar surface area (TPSA) is 105 Å². The van der Waals surface area contributed by atoms with E-state index in [-0.39, 0.29) is 30.1 Å². The van der Waals surface area contributed by atoms with Gasteiger partial charge in [0, 0.05) is 0 Å². The van der Waals surface area contributed by atoms with Crippen LogP contribution in [-0.4, -0.2) is 49.8 Å². The number of amides is 1. The van der Waals surface area contributed by atoms with Gasteiger partial charge in [0.1, 0.15) is 18.0 Å². The lowest BCUT2D eigenvalue weighted by molar-refractivity contribution is -0.143. The van der Waals surface area contributed by atoms with Crippen molar-refractivity contribution < 1.29 is 33.3 Å². The molecule has 9 nitrogen and oxygen atoms in total. The molecular weight excluding hydrogens is 448 g/mol. The van der Waals surface area contributed by atoms with E-state index in [1.807, 2.05) is 0 Å². The van der Waals surface area contributed by atoms with Crippen LogP contribution in [0.5, 0.6) is 11.5 Å². The fourth-order valence-electron chi connectivity index (χ4n) is 3.12. The summed E-state index contributed by atoms with van der Waals surface area (Å²) in [6.07, 6.45) is 0. The van der Waals surface area contributed by atoms with Crippen LogP contribution in [0.25, 0.3) is 10.2 Å². The van der Waals surface area contributed by atoms with E-state index in [1.165, 1.54) is 31.6 Å². The van der Waals surface area contributed by atoms with E-state index in [9.17, 15) is 14.4 Å². The number of aromatic nitrogens is 1. The summed E-state index contributed by atoms with van der Waals surface area (Å²) in [5.74, 6) is -0.683. The van der Waals surface area contributed by atoms with Gasteiger partial charge in [0.15, 0.2) is 4.80 Å². The van der Waals surface area contributed by atoms with Gasteiger partial charge in [0.05, 0.1) is 48.8 Å². The Morgan fingerprint density at radius 1 is 0.970 bits per heavy atom. The second kappa shape index (κ2) is 10.8. The quantitative estimate of drug-likeness (QED) is 0.464. The van der Waals surface area contributed by atoms with Crippen molar-refractivity contribution in [1.29, 1.82) is 0 Å². The lowest BCUT2D eigenvalue weighted by Gasteiger charge is -2.08. The van der Waals surface area contributed by atoms with Crippen LogP contribution in [0.2, 0.25) is 0 Å². The Morgan fingerprint density at radius 2 is 1.73 bits per heavy atom. The molecule has 0 saturated carbocycles. The van der Waals surface area contributed by atoms with Crippen LogP contribution >= 0.6 is 11.3 Å². The summed E-state index contributed by atoms with van der Waals surface area (Å²) < 4.78 is 22.9. The fourth-order valence-corrected chi connectivity index (χ4v) is 4.18. The van der Waals surface area contributed by atoms with Gasteiger partial charge in [0.25, 0.3) is 5.91 Å². The number of benzene rings is 2. The number of carbonyl (C=O) groups is 3. The SMILES string of the molecule is CCOC(=O)Cn1c(=NC(=O)c2cc(OC)ccc2OC)sc2cc(C(=O)OCC)ccc21. The normalized spacial score (nSPS) is 11.3. The van der Waals surface area contributed by atoms with Crippen molar-refractivity contribution in [2.45, 2.75) is 20.4 Å². The van der Waals surface area contributed by atoms with E-state index in [4.69, 9.17) is 18.9 Å². The first kappa shape index (κ1) is 24.0. The predicted molar refractivity (Wildman–Crippen MR) is 122 cm³/mol. The molecule has 0 aliphatic heterocycles. The van der Waals surface area contributed by atoms with Gasteiger partial charge in [-0.15, -0.1) is 0 Å². The van der Waals surface area contributed by atoms with Crippen molar-refractivity contribution in [3.63, 3.8) is 0 Å². The first-order chi connectivity index (χ1) is 15.9. The van der Waals surface area contributed by atoms with E-state index in [0.717, 1.165) is 0 Å².